The maximum Gasteiger partial charge on any atom is 0.323 e. The van der Waals surface area contributed by atoms with E-state index in [0.29, 0.717) is 12.3 Å². The minimum atomic E-state index is -1.05. The fourth-order valence-corrected chi connectivity index (χ4v) is 2.04. The maximum atomic E-state index is 12.2. The van der Waals surface area contributed by atoms with Gasteiger partial charge in [0.25, 0.3) is 5.91 Å². The molecular weight excluding hydrogens is 304 g/mol. The van der Waals surface area contributed by atoms with Crippen LogP contribution in [-0.2, 0) is 16.6 Å². The molecule has 0 saturated carbocycles. The first-order valence-electron chi connectivity index (χ1n) is 5.27. The van der Waals surface area contributed by atoms with Crippen LogP contribution in [0.15, 0.2) is 16.7 Å². The fraction of sp³-hybridized carbons (Fsp3) is 0.455. The van der Waals surface area contributed by atoms with Crippen LogP contribution in [-0.4, -0.2) is 53.3 Å². The third-order valence-electron chi connectivity index (χ3n) is 2.37. The fourth-order valence-electron chi connectivity index (χ4n) is 1.52. The highest BCUT2D eigenvalue weighted by molar-refractivity contribution is 9.10. The highest BCUT2D eigenvalue weighted by atomic mass is 79.9. The van der Waals surface area contributed by atoms with Crippen LogP contribution in [0.2, 0.25) is 0 Å². The van der Waals surface area contributed by atoms with Crippen molar-refractivity contribution in [1.82, 2.24) is 9.47 Å². The highest BCUT2D eigenvalue weighted by Gasteiger charge is 2.20. The Morgan fingerprint density at radius 2 is 2.22 bits per heavy atom. The molecule has 1 amide bonds. The van der Waals surface area contributed by atoms with Gasteiger partial charge in [-0.1, -0.05) is 0 Å². The van der Waals surface area contributed by atoms with Gasteiger partial charge >= 0.3 is 5.97 Å². The summed E-state index contributed by atoms with van der Waals surface area (Å²) in [5.41, 5.74) is 0.430. The SMILES string of the molecule is COCCN(CC(=O)O)C(=O)c1cc(Br)cn1C. The number of carbonyl (C=O) groups is 2. The highest BCUT2D eigenvalue weighted by Crippen LogP contribution is 2.15. The summed E-state index contributed by atoms with van der Waals surface area (Å²) < 4.78 is 7.29. The van der Waals surface area contributed by atoms with E-state index in [4.69, 9.17) is 9.84 Å². The topological polar surface area (TPSA) is 71.8 Å². The van der Waals surface area contributed by atoms with Crippen molar-refractivity contribution in [3.8, 4) is 0 Å². The normalized spacial score (nSPS) is 10.4. The monoisotopic (exact) mass is 318 g/mol. The zero-order valence-electron chi connectivity index (χ0n) is 10.2. The van der Waals surface area contributed by atoms with Crippen molar-refractivity contribution < 1.29 is 19.4 Å². The molecule has 0 aliphatic heterocycles. The van der Waals surface area contributed by atoms with Gasteiger partial charge in [-0.15, -0.1) is 0 Å². The smallest absolute Gasteiger partial charge is 0.323 e. The summed E-state index contributed by atoms with van der Waals surface area (Å²) in [6.07, 6.45) is 1.74. The Balaban J connectivity index is 2.87. The van der Waals surface area contributed by atoms with E-state index in [2.05, 4.69) is 15.9 Å². The van der Waals surface area contributed by atoms with Crippen molar-refractivity contribution in [3.05, 3.63) is 22.4 Å². The van der Waals surface area contributed by atoms with Gasteiger partial charge in [-0.2, -0.15) is 0 Å². The van der Waals surface area contributed by atoms with Crippen LogP contribution in [0.25, 0.3) is 0 Å². The zero-order chi connectivity index (χ0) is 13.7. The molecule has 18 heavy (non-hydrogen) atoms. The molecule has 0 aromatic carbocycles. The summed E-state index contributed by atoms with van der Waals surface area (Å²) in [5, 5.41) is 8.80. The number of rotatable bonds is 6. The zero-order valence-corrected chi connectivity index (χ0v) is 11.8. The Labute approximate surface area is 113 Å². The van der Waals surface area contributed by atoms with Gasteiger partial charge in [0.1, 0.15) is 12.2 Å². The number of hydrogen-bond acceptors (Lipinski definition) is 3. The minimum absolute atomic E-state index is 0.241. The van der Waals surface area contributed by atoms with Crippen molar-refractivity contribution in [1.29, 1.82) is 0 Å². The number of ether oxygens (including phenoxy) is 1. The number of aryl methyl sites for hydroxylation is 1. The average molecular weight is 319 g/mol. The minimum Gasteiger partial charge on any atom is -0.480 e. The van der Waals surface area contributed by atoms with Gasteiger partial charge in [-0.25, -0.2) is 0 Å². The van der Waals surface area contributed by atoms with Gasteiger partial charge in [0.15, 0.2) is 0 Å². The summed E-state index contributed by atoms with van der Waals surface area (Å²) in [4.78, 5) is 24.2. The molecule has 0 unspecified atom stereocenters. The van der Waals surface area contributed by atoms with Crippen LogP contribution in [0.4, 0.5) is 0 Å². The number of aliphatic carboxylic acids is 1. The van der Waals surface area contributed by atoms with Gasteiger partial charge in [-0.05, 0) is 22.0 Å². The molecule has 1 rings (SSSR count). The van der Waals surface area contributed by atoms with Gasteiger partial charge in [0.05, 0.1) is 6.61 Å². The molecule has 1 N–H and O–H groups in total. The number of carbonyl (C=O) groups excluding carboxylic acids is 1. The number of halogens is 1. The third-order valence-corrected chi connectivity index (χ3v) is 2.80. The molecule has 7 heteroatoms. The third kappa shape index (κ3) is 3.85. The van der Waals surface area contributed by atoms with E-state index >= 15 is 0 Å². The number of aromatic nitrogens is 1. The molecular formula is C11H15BrN2O4. The number of carboxylic acids is 1. The van der Waals surface area contributed by atoms with Crippen LogP contribution in [0.5, 0.6) is 0 Å². The van der Waals surface area contributed by atoms with Gasteiger partial charge in [-0.3, -0.25) is 9.59 Å². The lowest BCUT2D eigenvalue weighted by molar-refractivity contribution is -0.137. The standard InChI is InChI=1S/C11H15BrN2O4/c1-13-6-8(12)5-9(13)11(17)14(3-4-18-2)7-10(15)16/h5-6H,3-4,7H2,1-2H3,(H,15,16). The quantitative estimate of drug-likeness (QED) is 0.848. The molecule has 0 aliphatic carbocycles. The molecule has 0 saturated heterocycles. The molecule has 1 aromatic heterocycles. The first kappa shape index (κ1) is 14.7. The van der Waals surface area contributed by atoms with Crippen LogP contribution in [0.1, 0.15) is 10.5 Å². The lowest BCUT2D eigenvalue weighted by atomic mass is 10.3. The Kier molecular flexibility index (Phi) is 5.36. The van der Waals surface area contributed by atoms with Crippen molar-refractivity contribution >= 4 is 27.8 Å². The molecule has 6 nitrogen and oxygen atoms in total. The Morgan fingerprint density at radius 3 is 2.67 bits per heavy atom. The molecule has 0 fully saturated rings. The lowest BCUT2D eigenvalue weighted by Gasteiger charge is -2.20. The van der Waals surface area contributed by atoms with Gasteiger partial charge in [0, 0.05) is 31.4 Å². The molecule has 0 spiro atoms. The van der Waals surface area contributed by atoms with E-state index in [1.807, 2.05) is 0 Å². The van der Waals surface area contributed by atoms with E-state index in [1.54, 1.807) is 23.9 Å². The predicted octanol–water partition coefficient (Wildman–Crippen LogP) is 0.961. The van der Waals surface area contributed by atoms with Crippen LogP contribution < -0.4 is 0 Å². The first-order chi connectivity index (χ1) is 8.45. The van der Waals surface area contributed by atoms with E-state index in [-0.39, 0.29) is 19.0 Å². The number of hydrogen-bond donors (Lipinski definition) is 1. The van der Waals surface area contributed by atoms with Crippen LogP contribution in [0, 0.1) is 0 Å². The summed E-state index contributed by atoms with van der Waals surface area (Å²) in [5.74, 6) is -1.38. The van der Waals surface area contributed by atoms with E-state index in [1.165, 1.54) is 12.0 Å². The second kappa shape index (κ2) is 6.55. The molecule has 0 bridgehead atoms. The lowest BCUT2D eigenvalue weighted by Crippen LogP contribution is -2.38. The number of nitrogens with zero attached hydrogens (tertiary/aromatic N) is 2. The Hall–Kier alpha value is -1.34. The molecule has 1 aromatic rings. The Bertz CT molecular complexity index is 444. The number of carboxylic acid groups (broad SMARTS) is 1. The second-order valence-electron chi connectivity index (χ2n) is 3.77. The molecule has 1 heterocycles. The van der Waals surface area contributed by atoms with Crippen LogP contribution >= 0.6 is 15.9 Å². The van der Waals surface area contributed by atoms with Crippen molar-refractivity contribution in [2.75, 3.05) is 26.8 Å². The van der Waals surface area contributed by atoms with Crippen LogP contribution in [0.3, 0.4) is 0 Å². The van der Waals surface area contributed by atoms with E-state index < -0.39 is 5.97 Å². The summed E-state index contributed by atoms with van der Waals surface area (Å²) in [6, 6.07) is 1.66. The summed E-state index contributed by atoms with van der Waals surface area (Å²) in [6.45, 7) is 0.194. The number of methoxy groups -OCH3 is 1. The first-order valence-corrected chi connectivity index (χ1v) is 6.07. The molecule has 0 atom stereocenters. The molecule has 0 aliphatic rings. The molecule has 0 radical (unpaired) electrons. The summed E-state index contributed by atoms with van der Waals surface area (Å²) >= 11 is 3.27. The van der Waals surface area contributed by atoms with Gasteiger partial charge < -0.3 is 19.3 Å². The largest absolute Gasteiger partial charge is 0.480 e. The number of amides is 1. The summed E-state index contributed by atoms with van der Waals surface area (Å²) in [7, 11) is 3.23. The second-order valence-corrected chi connectivity index (χ2v) is 4.68. The average Bonchev–Trinajstić information content (AvgIpc) is 2.62. The van der Waals surface area contributed by atoms with E-state index in [0.717, 1.165) is 4.47 Å². The maximum absolute atomic E-state index is 12.2. The van der Waals surface area contributed by atoms with E-state index in [9.17, 15) is 9.59 Å². The van der Waals surface area contributed by atoms with Gasteiger partial charge in [0.2, 0.25) is 0 Å². The molecule has 100 valence electrons. The van der Waals surface area contributed by atoms with Crippen molar-refractivity contribution in [2.24, 2.45) is 7.05 Å². The predicted molar refractivity (Wildman–Crippen MR) is 68.5 cm³/mol. The van der Waals surface area contributed by atoms with Crippen molar-refractivity contribution in [3.63, 3.8) is 0 Å². The van der Waals surface area contributed by atoms with Crippen molar-refractivity contribution in [2.45, 2.75) is 0 Å². The Morgan fingerprint density at radius 1 is 1.56 bits per heavy atom.